The number of hydrogen-bond acceptors (Lipinski definition) is 1. The van der Waals surface area contributed by atoms with E-state index in [9.17, 15) is 0 Å². The van der Waals surface area contributed by atoms with Crippen molar-refractivity contribution in [2.24, 2.45) is 0 Å². The van der Waals surface area contributed by atoms with Gasteiger partial charge in [0.1, 0.15) is 0 Å². The summed E-state index contributed by atoms with van der Waals surface area (Å²) in [4.78, 5) is 0. The predicted octanol–water partition coefficient (Wildman–Crippen LogP) is 1.47. The van der Waals surface area contributed by atoms with Crippen LogP contribution in [0.5, 0.6) is 0 Å². The van der Waals surface area contributed by atoms with Crippen molar-refractivity contribution in [1.29, 1.82) is 0 Å². The van der Waals surface area contributed by atoms with Crippen LogP contribution in [0.1, 0.15) is 6.92 Å². The van der Waals surface area contributed by atoms with Crippen LogP contribution in [0.25, 0.3) is 0 Å². The van der Waals surface area contributed by atoms with Crippen molar-refractivity contribution in [3.05, 3.63) is 0 Å². The molecule has 1 atom stereocenters. The highest BCUT2D eigenvalue weighted by molar-refractivity contribution is 7.68. The molecule has 0 aromatic heterocycles. The Morgan fingerprint density at radius 1 is 2.00 bits per heavy atom. The third-order valence-corrected chi connectivity index (χ3v) is 1.41. The molecule has 0 aliphatic heterocycles. The van der Waals surface area contributed by atoms with Gasteiger partial charge in [0.25, 0.3) is 0 Å². The Bertz CT molecular complexity index is 32.0. The molecule has 0 spiro atoms. The van der Waals surface area contributed by atoms with Gasteiger partial charge in [-0.1, -0.05) is 11.2 Å². The van der Waals surface area contributed by atoms with E-state index in [2.05, 4.69) is 0 Å². The van der Waals surface area contributed by atoms with Crippen LogP contribution in [0, 0.1) is 0 Å². The minimum absolute atomic E-state index is 0.246. The summed E-state index contributed by atoms with van der Waals surface area (Å²) in [6.07, 6.45) is 0.422. The molecule has 6 heavy (non-hydrogen) atoms. The lowest BCUT2D eigenvalue weighted by Crippen LogP contribution is -1.99. The van der Waals surface area contributed by atoms with E-state index in [0.717, 1.165) is 7.93 Å². The number of aliphatic hydroxyl groups is 1. The van der Waals surface area contributed by atoms with Gasteiger partial charge in [-0.2, -0.15) is 0 Å². The summed E-state index contributed by atoms with van der Waals surface area (Å²) in [6.45, 7) is 1.72. The number of rotatable bonds is 2. The largest absolute Gasteiger partial charge is 0.393 e. The molecule has 0 bridgehead atoms. The molecule has 0 aliphatic rings. The molecule has 1 unspecified atom stereocenters. The van der Waals surface area contributed by atoms with E-state index in [0.29, 0.717) is 6.16 Å². The van der Waals surface area contributed by atoms with Crippen LogP contribution in [0.4, 0.5) is 0 Å². The Hall–Kier alpha value is 0.680. The summed E-state index contributed by atoms with van der Waals surface area (Å²) in [5.41, 5.74) is 0. The summed E-state index contributed by atoms with van der Waals surface area (Å²) in [5.74, 6) is 0. The normalized spacial score (nSPS) is 16.5. The lowest BCUT2D eigenvalue weighted by Gasteiger charge is -1.93. The van der Waals surface area contributed by atoms with Gasteiger partial charge in [0.05, 0.1) is 6.10 Å². The molecule has 0 heterocycles. The summed E-state index contributed by atoms with van der Waals surface area (Å²) in [7, 11) is 0.746. The molecule has 1 nitrogen and oxygen atoms in total. The molecule has 3 heteroatoms. The Kier molecular flexibility index (Phi) is 4.29. The van der Waals surface area contributed by atoms with Crippen LogP contribution in [0.2, 0.25) is 0 Å². The lowest BCUT2D eigenvalue weighted by molar-refractivity contribution is 0.220. The van der Waals surface area contributed by atoms with Gasteiger partial charge in [-0.3, -0.25) is 0 Å². The van der Waals surface area contributed by atoms with Gasteiger partial charge in [-0.25, -0.2) is 0 Å². The molecular weight excluding hydrogens is 118 g/mol. The van der Waals surface area contributed by atoms with E-state index in [4.69, 9.17) is 16.3 Å². The second-order valence-corrected chi connectivity index (χ2v) is 2.47. The Morgan fingerprint density at radius 3 is 2.50 bits per heavy atom. The van der Waals surface area contributed by atoms with Gasteiger partial charge < -0.3 is 5.11 Å². The highest BCUT2D eigenvalue weighted by atomic mass is 35.7. The van der Waals surface area contributed by atoms with Crippen LogP contribution < -0.4 is 0 Å². The molecule has 0 rings (SSSR count). The molecule has 0 amide bonds. The van der Waals surface area contributed by atoms with Crippen molar-refractivity contribution in [2.75, 3.05) is 6.16 Å². The summed E-state index contributed by atoms with van der Waals surface area (Å²) >= 11 is 5.21. The zero-order valence-corrected chi connectivity index (χ0v) is 5.21. The number of aliphatic hydroxyl groups excluding tert-OH is 1. The summed E-state index contributed by atoms with van der Waals surface area (Å²) in [6, 6.07) is 0. The molecule has 1 N–H and O–H groups in total. The zero-order valence-electron chi connectivity index (χ0n) is 3.56. The highest BCUT2D eigenvalue weighted by Gasteiger charge is 1.89. The smallest absolute Gasteiger partial charge is 0.0565 e. The Morgan fingerprint density at radius 2 is 2.50 bits per heavy atom. The second-order valence-electron chi connectivity index (χ2n) is 1.15. The molecule has 37 valence electrons. The standard InChI is InChI=1S/C3H7ClOP/c1-3(5)2-6-4/h3,5H,2H2,1H3. The first-order valence-electron chi connectivity index (χ1n) is 1.73. The van der Waals surface area contributed by atoms with Gasteiger partial charge in [0.15, 0.2) is 0 Å². The first-order chi connectivity index (χ1) is 2.77. The molecule has 0 aromatic carbocycles. The van der Waals surface area contributed by atoms with Gasteiger partial charge >= 0.3 is 0 Å². The zero-order chi connectivity index (χ0) is 4.99. The number of halogens is 1. The quantitative estimate of drug-likeness (QED) is 0.554. The van der Waals surface area contributed by atoms with Gasteiger partial charge in [-0.15, -0.1) is 0 Å². The first kappa shape index (κ1) is 6.68. The minimum atomic E-state index is -0.246. The van der Waals surface area contributed by atoms with Crippen LogP contribution in [-0.2, 0) is 0 Å². The van der Waals surface area contributed by atoms with Crippen molar-refractivity contribution >= 4 is 19.2 Å². The monoisotopic (exact) mass is 125 g/mol. The maximum absolute atomic E-state index is 8.46. The Labute approximate surface area is 44.3 Å². The topological polar surface area (TPSA) is 20.2 Å². The summed E-state index contributed by atoms with van der Waals surface area (Å²) in [5, 5.41) is 8.46. The highest BCUT2D eigenvalue weighted by Crippen LogP contribution is 2.15. The fourth-order valence-electron chi connectivity index (χ4n) is 0.0999. The number of hydrogen-bond donors (Lipinski definition) is 1. The average molecular weight is 126 g/mol. The van der Waals surface area contributed by atoms with E-state index >= 15 is 0 Å². The summed E-state index contributed by atoms with van der Waals surface area (Å²) < 4.78 is 0. The molecule has 0 saturated carbocycles. The van der Waals surface area contributed by atoms with E-state index < -0.39 is 0 Å². The van der Waals surface area contributed by atoms with Gasteiger partial charge in [-0.05, 0) is 6.92 Å². The van der Waals surface area contributed by atoms with Gasteiger partial charge in [0, 0.05) is 14.1 Å². The third kappa shape index (κ3) is 4.68. The van der Waals surface area contributed by atoms with Crippen LogP contribution in [-0.4, -0.2) is 17.4 Å². The molecular formula is C3H7ClOP. The predicted molar refractivity (Wildman–Crippen MR) is 29.3 cm³/mol. The molecule has 0 saturated heterocycles. The minimum Gasteiger partial charge on any atom is -0.393 e. The van der Waals surface area contributed by atoms with E-state index in [1.165, 1.54) is 0 Å². The van der Waals surface area contributed by atoms with E-state index in [1.54, 1.807) is 6.92 Å². The molecule has 1 radical (unpaired) electrons. The maximum atomic E-state index is 8.46. The van der Waals surface area contributed by atoms with E-state index in [-0.39, 0.29) is 6.10 Å². The third-order valence-electron chi connectivity index (χ3n) is 0.333. The van der Waals surface area contributed by atoms with Crippen molar-refractivity contribution in [1.82, 2.24) is 0 Å². The molecule has 0 fully saturated rings. The fraction of sp³-hybridized carbons (Fsp3) is 1.00. The maximum Gasteiger partial charge on any atom is 0.0565 e. The Balaban J connectivity index is 2.63. The average Bonchev–Trinajstić information content (AvgIpc) is 1.35. The molecule has 0 aliphatic carbocycles. The van der Waals surface area contributed by atoms with Crippen LogP contribution in [0.3, 0.4) is 0 Å². The first-order valence-corrected chi connectivity index (χ1v) is 3.71. The second kappa shape index (κ2) is 3.86. The van der Waals surface area contributed by atoms with Crippen LogP contribution in [0.15, 0.2) is 0 Å². The van der Waals surface area contributed by atoms with Gasteiger partial charge in [0.2, 0.25) is 0 Å². The lowest BCUT2D eigenvalue weighted by atomic mass is 10.5. The van der Waals surface area contributed by atoms with Crippen molar-refractivity contribution in [2.45, 2.75) is 13.0 Å². The van der Waals surface area contributed by atoms with Crippen LogP contribution >= 0.6 is 19.2 Å². The molecule has 0 aromatic rings. The van der Waals surface area contributed by atoms with E-state index in [1.807, 2.05) is 0 Å². The van der Waals surface area contributed by atoms with Crippen molar-refractivity contribution in [3.63, 3.8) is 0 Å². The SMILES string of the molecule is CC(O)C[P]Cl. The van der Waals surface area contributed by atoms with Crippen molar-refractivity contribution in [3.8, 4) is 0 Å². The van der Waals surface area contributed by atoms with Crippen molar-refractivity contribution < 1.29 is 5.11 Å². The fourth-order valence-corrected chi connectivity index (χ4v) is 0.899.